The molecule has 0 aliphatic carbocycles. The van der Waals surface area contributed by atoms with E-state index in [2.05, 4.69) is 5.32 Å². The Morgan fingerprint density at radius 3 is 2.81 bits per heavy atom. The zero-order valence-corrected chi connectivity index (χ0v) is 11.4. The number of alkyl halides is 3. The number of hydrogen-bond acceptors (Lipinski definition) is 3. The van der Waals surface area contributed by atoms with Crippen molar-refractivity contribution in [2.24, 2.45) is 0 Å². The van der Waals surface area contributed by atoms with Gasteiger partial charge in [-0.3, -0.25) is 4.79 Å². The third kappa shape index (κ3) is 4.35. The molecule has 1 aliphatic heterocycles. The molecule has 0 aromatic heterocycles. The van der Waals surface area contributed by atoms with E-state index in [4.69, 9.17) is 10.5 Å². The minimum absolute atomic E-state index is 0.0768. The molecule has 116 valence electrons. The van der Waals surface area contributed by atoms with Gasteiger partial charge < -0.3 is 15.8 Å². The molecule has 3 N–H and O–H groups in total. The molecular formula is C14H17F3N2O2. The summed E-state index contributed by atoms with van der Waals surface area (Å²) in [5, 5.41) is 2.46. The summed E-state index contributed by atoms with van der Waals surface area (Å²) in [4.78, 5) is 11.7. The first-order chi connectivity index (χ1) is 9.86. The van der Waals surface area contributed by atoms with Crippen molar-refractivity contribution in [3.63, 3.8) is 0 Å². The molecule has 21 heavy (non-hydrogen) atoms. The van der Waals surface area contributed by atoms with Gasteiger partial charge in [0.05, 0.1) is 11.7 Å². The van der Waals surface area contributed by atoms with Crippen LogP contribution in [0.2, 0.25) is 0 Å². The summed E-state index contributed by atoms with van der Waals surface area (Å²) in [5.74, 6) is -0.330. The van der Waals surface area contributed by atoms with Gasteiger partial charge in [0.25, 0.3) is 0 Å². The fourth-order valence-corrected chi connectivity index (χ4v) is 2.27. The lowest BCUT2D eigenvalue weighted by Crippen LogP contribution is -2.16. The van der Waals surface area contributed by atoms with E-state index in [0.717, 1.165) is 25.0 Å². The molecular weight excluding hydrogens is 285 g/mol. The Kier molecular flexibility index (Phi) is 4.72. The van der Waals surface area contributed by atoms with Crippen LogP contribution < -0.4 is 11.1 Å². The van der Waals surface area contributed by atoms with Crippen LogP contribution in [0.3, 0.4) is 0 Å². The zero-order chi connectivity index (χ0) is 15.5. The van der Waals surface area contributed by atoms with Gasteiger partial charge in [-0.05, 0) is 37.5 Å². The Bertz CT molecular complexity index is 511. The van der Waals surface area contributed by atoms with Crippen LogP contribution in [0, 0.1) is 0 Å². The molecule has 1 aromatic carbocycles. The largest absolute Gasteiger partial charge is 0.418 e. The molecule has 1 aliphatic rings. The maximum atomic E-state index is 12.7. The van der Waals surface area contributed by atoms with Crippen molar-refractivity contribution < 1.29 is 22.7 Å². The van der Waals surface area contributed by atoms with Gasteiger partial charge in [-0.25, -0.2) is 0 Å². The second-order valence-electron chi connectivity index (χ2n) is 5.02. The van der Waals surface area contributed by atoms with E-state index >= 15 is 0 Å². The monoisotopic (exact) mass is 302 g/mol. The van der Waals surface area contributed by atoms with Crippen molar-refractivity contribution in [3.05, 3.63) is 23.8 Å². The number of rotatable bonds is 4. The van der Waals surface area contributed by atoms with E-state index in [9.17, 15) is 18.0 Å². The number of amides is 1. The molecule has 1 unspecified atom stereocenters. The predicted octanol–water partition coefficient (Wildman–Crippen LogP) is 3.19. The lowest BCUT2D eigenvalue weighted by atomic mass is 10.1. The van der Waals surface area contributed by atoms with Crippen molar-refractivity contribution in [2.45, 2.75) is 38.0 Å². The van der Waals surface area contributed by atoms with Crippen LogP contribution in [0.4, 0.5) is 24.5 Å². The van der Waals surface area contributed by atoms with Crippen LogP contribution in [0.5, 0.6) is 0 Å². The summed E-state index contributed by atoms with van der Waals surface area (Å²) < 4.78 is 43.5. The second kappa shape index (κ2) is 6.34. The number of halogens is 3. The number of hydrogen-bond donors (Lipinski definition) is 2. The van der Waals surface area contributed by atoms with Crippen LogP contribution in [0.15, 0.2) is 18.2 Å². The topological polar surface area (TPSA) is 64.3 Å². The zero-order valence-electron chi connectivity index (χ0n) is 11.4. The second-order valence-corrected chi connectivity index (χ2v) is 5.02. The molecule has 1 aromatic rings. The van der Waals surface area contributed by atoms with E-state index in [0.29, 0.717) is 13.0 Å². The van der Waals surface area contributed by atoms with Gasteiger partial charge >= 0.3 is 6.18 Å². The molecule has 2 rings (SSSR count). The smallest absolute Gasteiger partial charge is 0.398 e. The van der Waals surface area contributed by atoms with Gasteiger partial charge in [0.1, 0.15) is 0 Å². The average Bonchev–Trinajstić information content (AvgIpc) is 2.90. The minimum Gasteiger partial charge on any atom is -0.398 e. The van der Waals surface area contributed by atoms with Gasteiger partial charge in [0.2, 0.25) is 5.91 Å². The Hall–Kier alpha value is -1.76. The molecule has 4 nitrogen and oxygen atoms in total. The summed E-state index contributed by atoms with van der Waals surface area (Å²) in [6.45, 7) is 0.708. The average molecular weight is 302 g/mol. The molecule has 0 radical (unpaired) electrons. The predicted molar refractivity (Wildman–Crippen MR) is 72.7 cm³/mol. The summed E-state index contributed by atoms with van der Waals surface area (Å²) >= 11 is 0. The molecule has 0 spiro atoms. The fraction of sp³-hybridized carbons (Fsp3) is 0.500. The van der Waals surface area contributed by atoms with E-state index in [-0.39, 0.29) is 29.8 Å². The maximum Gasteiger partial charge on any atom is 0.418 e. The molecule has 7 heteroatoms. The third-order valence-electron chi connectivity index (χ3n) is 3.36. The minimum atomic E-state index is -4.54. The number of carbonyl (C=O) groups excluding carboxylic acids is 1. The van der Waals surface area contributed by atoms with Gasteiger partial charge in [0.15, 0.2) is 0 Å². The third-order valence-corrected chi connectivity index (χ3v) is 3.36. The first-order valence-electron chi connectivity index (χ1n) is 6.74. The van der Waals surface area contributed by atoms with Crippen molar-refractivity contribution >= 4 is 17.3 Å². The lowest BCUT2D eigenvalue weighted by Gasteiger charge is -2.13. The molecule has 1 fully saturated rings. The molecule has 1 amide bonds. The van der Waals surface area contributed by atoms with Crippen molar-refractivity contribution in [1.29, 1.82) is 0 Å². The highest BCUT2D eigenvalue weighted by molar-refractivity contribution is 5.91. The number of nitrogens with one attached hydrogen (secondary N) is 1. The highest BCUT2D eigenvalue weighted by atomic mass is 19.4. The van der Waals surface area contributed by atoms with Gasteiger partial charge in [-0.2, -0.15) is 13.2 Å². The highest BCUT2D eigenvalue weighted by Gasteiger charge is 2.33. The number of ether oxygens (including phenoxy) is 1. The van der Waals surface area contributed by atoms with E-state index in [1.807, 2.05) is 0 Å². The Balaban J connectivity index is 1.94. The quantitative estimate of drug-likeness (QED) is 0.840. The van der Waals surface area contributed by atoms with Gasteiger partial charge in [-0.1, -0.05) is 0 Å². The first-order valence-corrected chi connectivity index (χ1v) is 6.74. The summed E-state index contributed by atoms with van der Waals surface area (Å²) in [6, 6.07) is 3.34. The molecule has 0 bridgehead atoms. The Morgan fingerprint density at radius 2 is 2.19 bits per heavy atom. The number of carbonyl (C=O) groups is 1. The van der Waals surface area contributed by atoms with Crippen LogP contribution in [-0.4, -0.2) is 18.6 Å². The van der Waals surface area contributed by atoms with Crippen molar-refractivity contribution in [3.8, 4) is 0 Å². The first kappa shape index (κ1) is 15.6. The van der Waals surface area contributed by atoms with E-state index in [1.54, 1.807) is 0 Å². The van der Waals surface area contributed by atoms with E-state index in [1.165, 1.54) is 6.07 Å². The summed E-state index contributed by atoms with van der Waals surface area (Å²) in [7, 11) is 0. The maximum absolute atomic E-state index is 12.7. The highest BCUT2D eigenvalue weighted by Crippen LogP contribution is 2.35. The van der Waals surface area contributed by atoms with Crippen molar-refractivity contribution in [1.82, 2.24) is 0 Å². The molecule has 1 saturated heterocycles. The van der Waals surface area contributed by atoms with Crippen molar-refractivity contribution in [2.75, 3.05) is 17.7 Å². The lowest BCUT2D eigenvalue weighted by molar-refractivity contribution is -0.136. The number of nitrogens with two attached hydrogens (primary N) is 1. The summed E-state index contributed by atoms with van der Waals surface area (Å²) in [5.41, 5.74) is 4.08. The Labute approximate surface area is 120 Å². The standard InChI is InChI=1S/C14H17F3N2O2/c15-14(16,17)11-8-9(3-5-12(11)18)19-13(20)6-4-10-2-1-7-21-10/h3,5,8,10H,1-2,4,6-7,18H2,(H,19,20). The number of nitrogen functional groups attached to an aromatic ring is 1. The van der Waals surface area contributed by atoms with Crippen LogP contribution in [0.25, 0.3) is 0 Å². The van der Waals surface area contributed by atoms with Crippen LogP contribution >= 0.6 is 0 Å². The molecule has 1 heterocycles. The van der Waals surface area contributed by atoms with Gasteiger partial charge in [-0.15, -0.1) is 0 Å². The van der Waals surface area contributed by atoms with E-state index < -0.39 is 11.7 Å². The number of anilines is 2. The molecule has 0 saturated carbocycles. The number of benzene rings is 1. The molecule has 1 atom stereocenters. The Morgan fingerprint density at radius 1 is 1.43 bits per heavy atom. The fourth-order valence-electron chi connectivity index (χ4n) is 2.27. The van der Waals surface area contributed by atoms with Crippen LogP contribution in [-0.2, 0) is 15.7 Å². The van der Waals surface area contributed by atoms with Crippen LogP contribution in [0.1, 0.15) is 31.2 Å². The summed E-state index contributed by atoms with van der Waals surface area (Å²) in [6.07, 6.45) is -1.76. The van der Waals surface area contributed by atoms with Gasteiger partial charge in [0, 0.05) is 24.4 Å². The normalized spacial score (nSPS) is 18.7. The SMILES string of the molecule is Nc1ccc(NC(=O)CCC2CCCO2)cc1C(F)(F)F.